The van der Waals surface area contributed by atoms with Gasteiger partial charge in [0.2, 0.25) is 0 Å². The number of nitro benzene ring substituents is 1. The third-order valence-electron chi connectivity index (χ3n) is 3.67. The molecule has 0 aliphatic rings. The van der Waals surface area contributed by atoms with Crippen molar-refractivity contribution in [1.82, 2.24) is 0 Å². The molecule has 0 heterocycles. The first-order valence-electron chi connectivity index (χ1n) is 8.15. The third kappa shape index (κ3) is 5.96. The zero-order chi connectivity index (χ0) is 21.8. The van der Waals surface area contributed by atoms with Gasteiger partial charge in [0.25, 0.3) is 5.69 Å². The van der Waals surface area contributed by atoms with Crippen LogP contribution in [-0.4, -0.2) is 22.3 Å². The predicted molar refractivity (Wildman–Crippen MR) is 93.9 cm³/mol. The van der Waals surface area contributed by atoms with Crippen LogP contribution in [0.25, 0.3) is 0 Å². The fraction of sp³-hybridized carbons (Fsp3) is 0.211. The molecule has 0 saturated carbocycles. The largest absolute Gasteiger partial charge is 0.457 e. The lowest BCUT2D eigenvalue weighted by Crippen LogP contribution is -2.12. The molecule has 0 atom stereocenters. The molecule has 0 aromatic heterocycles. The van der Waals surface area contributed by atoms with Gasteiger partial charge in [0.15, 0.2) is 5.78 Å². The maximum absolute atomic E-state index is 12.8. The summed E-state index contributed by atoms with van der Waals surface area (Å²) in [5.74, 6) is -2.39. The maximum atomic E-state index is 12.8. The minimum absolute atomic E-state index is 0.128. The molecular weight excluding hydrogens is 395 g/mol. The minimum atomic E-state index is -4.59. The number of Topliss-reactive ketones (excluding diaryl/α,β-unsaturated/α-hetero) is 3. The SMILES string of the molecule is CC(=O)CC(=O)CC(=O)c1cc(Oc2cccc(C(F)(F)F)c2)ccc1[N+](=O)[O-]. The Balaban J connectivity index is 2.33. The van der Waals surface area contributed by atoms with Gasteiger partial charge in [-0.15, -0.1) is 0 Å². The lowest BCUT2D eigenvalue weighted by atomic mass is 10.0. The molecule has 0 amide bonds. The van der Waals surface area contributed by atoms with Gasteiger partial charge < -0.3 is 4.74 Å². The van der Waals surface area contributed by atoms with Crippen molar-refractivity contribution in [3.63, 3.8) is 0 Å². The topological polar surface area (TPSA) is 104 Å². The van der Waals surface area contributed by atoms with Gasteiger partial charge in [0, 0.05) is 6.07 Å². The average molecular weight is 409 g/mol. The van der Waals surface area contributed by atoms with E-state index in [9.17, 15) is 37.7 Å². The Bertz CT molecular complexity index is 984. The highest BCUT2D eigenvalue weighted by Crippen LogP contribution is 2.34. The van der Waals surface area contributed by atoms with Crippen LogP contribution >= 0.6 is 0 Å². The molecule has 2 rings (SSSR count). The van der Waals surface area contributed by atoms with Crippen LogP contribution < -0.4 is 4.74 Å². The number of ketones is 3. The summed E-state index contributed by atoms with van der Waals surface area (Å²) >= 11 is 0. The van der Waals surface area contributed by atoms with Crippen molar-refractivity contribution in [3.8, 4) is 11.5 Å². The standard InChI is InChI=1S/C19H14F3NO6/c1-11(24)7-13(25)9-18(26)16-10-15(5-6-17(16)23(27)28)29-14-4-2-3-12(8-14)19(20,21)22/h2-6,8,10H,7,9H2,1H3. The summed E-state index contributed by atoms with van der Waals surface area (Å²) in [6.07, 6.45) is -5.81. The van der Waals surface area contributed by atoms with E-state index in [0.717, 1.165) is 43.3 Å². The van der Waals surface area contributed by atoms with Crippen LogP contribution in [0.1, 0.15) is 35.7 Å². The molecule has 0 N–H and O–H groups in total. The summed E-state index contributed by atoms with van der Waals surface area (Å²) in [4.78, 5) is 45.3. The monoisotopic (exact) mass is 409 g/mol. The Morgan fingerprint density at radius 1 is 1.03 bits per heavy atom. The van der Waals surface area contributed by atoms with Crippen LogP contribution in [0.2, 0.25) is 0 Å². The van der Waals surface area contributed by atoms with Gasteiger partial charge in [-0.25, -0.2) is 0 Å². The third-order valence-corrected chi connectivity index (χ3v) is 3.67. The number of nitrogens with zero attached hydrogens (tertiary/aromatic N) is 1. The zero-order valence-electron chi connectivity index (χ0n) is 15.0. The first-order valence-corrected chi connectivity index (χ1v) is 8.15. The molecule has 0 saturated heterocycles. The molecule has 10 heteroatoms. The van der Waals surface area contributed by atoms with Crippen molar-refractivity contribution < 1.29 is 37.2 Å². The second-order valence-corrected chi connectivity index (χ2v) is 6.08. The molecule has 0 fully saturated rings. The van der Waals surface area contributed by atoms with Gasteiger partial charge in [0.05, 0.1) is 28.9 Å². The molecule has 0 bridgehead atoms. The van der Waals surface area contributed by atoms with Crippen LogP contribution in [0.4, 0.5) is 18.9 Å². The smallest absolute Gasteiger partial charge is 0.416 e. The maximum Gasteiger partial charge on any atom is 0.416 e. The fourth-order valence-electron chi connectivity index (χ4n) is 2.45. The Morgan fingerprint density at radius 2 is 1.69 bits per heavy atom. The van der Waals surface area contributed by atoms with Gasteiger partial charge in [-0.1, -0.05) is 6.07 Å². The van der Waals surface area contributed by atoms with Crippen LogP contribution in [0.3, 0.4) is 0 Å². The highest BCUT2D eigenvalue weighted by molar-refractivity contribution is 6.13. The van der Waals surface area contributed by atoms with Crippen molar-refractivity contribution in [2.45, 2.75) is 25.9 Å². The summed E-state index contributed by atoms with van der Waals surface area (Å²) in [5.41, 5.74) is -2.00. The highest BCUT2D eigenvalue weighted by atomic mass is 19.4. The average Bonchev–Trinajstić information content (AvgIpc) is 2.60. The first-order chi connectivity index (χ1) is 13.5. The second kappa shape index (κ2) is 8.63. The second-order valence-electron chi connectivity index (χ2n) is 6.08. The fourth-order valence-corrected chi connectivity index (χ4v) is 2.45. The quantitative estimate of drug-likeness (QED) is 0.275. The molecule has 0 unspecified atom stereocenters. The van der Waals surface area contributed by atoms with Gasteiger partial charge in [-0.05, 0) is 37.3 Å². The molecule has 0 radical (unpaired) electrons. The van der Waals surface area contributed by atoms with E-state index in [2.05, 4.69) is 0 Å². The Morgan fingerprint density at radius 3 is 2.28 bits per heavy atom. The number of benzene rings is 2. The zero-order valence-corrected chi connectivity index (χ0v) is 15.0. The molecule has 0 aliphatic carbocycles. The van der Waals surface area contributed by atoms with Crippen molar-refractivity contribution in [2.24, 2.45) is 0 Å². The van der Waals surface area contributed by atoms with Crippen LogP contribution in [0.5, 0.6) is 11.5 Å². The van der Waals surface area contributed by atoms with Gasteiger partial charge in [-0.2, -0.15) is 13.2 Å². The number of nitro groups is 1. The number of ether oxygens (including phenoxy) is 1. The van der Waals surface area contributed by atoms with Gasteiger partial charge in [0.1, 0.15) is 23.1 Å². The van der Waals surface area contributed by atoms with Crippen LogP contribution in [0.15, 0.2) is 42.5 Å². The number of hydrogen-bond acceptors (Lipinski definition) is 6. The lowest BCUT2D eigenvalue weighted by molar-refractivity contribution is -0.385. The molecule has 2 aromatic carbocycles. The molecule has 7 nitrogen and oxygen atoms in total. The van der Waals surface area contributed by atoms with E-state index in [1.165, 1.54) is 6.07 Å². The summed E-state index contributed by atoms with van der Waals surface area (Å²) in [6, 6.07) is 6.99. The minimum Gasteiger partial charge on any atom is -0.457 e. The summed E-state index contributed by atoms with van der Waals surface area (Å²) in [5, 5.41) is 11.2. The molecule has 0 spiro atoms. The molecule has 2 aromatic rings. The van der Waals surface area contributed by atoms with Crippen molar-refractivity contribution in [3.05, 3.63) is 63.7 Å². The number of rotatable bonds is 8. The predicted octanol–water partition coefficient (Wildman–Crippen LogP) is 4.53. The summed E-state index contributed by atoms with van der Waals surface area (Å²) in [7, 11) is 0. The molecule has 0 aliphatic heterocycles. The number of carbonyl (C=O) groups is 3. The Kier molecular flexibility index (Phi) is 6.47. The van der Waals surface area contributed by atoms with E-state index in [1.54, 1.807) is 0 Å². The number of alkyl halides is 3. The molecule has 29 heavy (non-hydrogen) atoms. The van der Waals surface area contributed by atoms with E-state index in [1.807, 2.05) is 0 Å². The van der Waals surface area contributed by atoms with Crippen LogP contribution in [0, 0.1) is 10.1 Å². The summed E-state index contributed by atoms with van der Waals surface area (Å²) in [6.45, 7) is 1.16. The van der Waals surface area contributed by atoms with E-state index in [-0.39, 0.29) is 11.5 Å². The molecular formula is C19H14F3NO6. The number of hydrogen-bond donors (Lipinski definition) is 0. The van der Waals surface area contributed by atoms with E-state index < -0.39 is 58.1 Å². The van der Waals surface area contributed by atoms with Crippen molar-refractivity contribution >= 4 is 23.0 Å². The van der Waals surface area contributed by atoms with Crippen molar-refractivity contribution in [1.29, 1.82) is 0 Å². The first kappa shape index (κ1) is 21.7. The van der Waals surface area contributed by atoms with Crippen molar-refractivity contribution in [2.75, 3.05) is 0 Å². The van der Waals surface area contributed by atoms with Gasteiger partial charge in [-0.3, -0.25) is 24.5 Å². The van der Waals surface area contributed by atoms with E-state index in [4.69, 9.17) is 4.74 Å². The Hall–Kier alpha value is -3.56. The normalized spacial score (nSPS) is 11.0. The molecule has 152 valence electrons. The lowest BCUT2D eigenvalue weighted by Gasteiger charge is -2.11. The number of carbonyl (C=O) groups excluding carboxylic acids is 3. The van der Waals surface area contributed by atoms with E-state index in [0.29, 0.717) is 0 Å². The van der Waals surface area contributed by atoms with Gasteiger partial charge >= 0.3 is 6.18 Å². The number of halogens is 3. The highest BCUT2D eigenvalue weighted by Gasteiger charge is 2.30. The van der Waals surface area contributed by atoms with E-state index >= 15 is 0 Å². The Labute approximate surface area is 162 Å². The summed E-state index contributed by atoms with van der Waals surface area (Å²) < 4.78 is 43.7. The van der Waals surface area contributed by atoms with Crippen LogP contribution in [-0.2, 0) is 15.8 Å².